The molecule has 1 saturated carbocycles. The van der Waals surface area contributed by atoms with Gasteiger partial charge in [-0.25, -0.2) is 4.39 Å². The van der Waals surface area contributed by atoms with Crippen molar-refractivity contribution in [1.29, 1.82) is 0 Å². The Balaban J connectivity index is 1.58. The fourth-order valence-corrected chi connectivity index (χ4v) is 2.82. The molecule has 4 nitrogen and oxygen atoms in total. The molecular formula is C14H18FNO3. The zero-order chi connectivity index (χ0) is 13.3. The van der Waals surface area contributed by atoms with Crippen molar-refractivity contribution in [1.82, 2.24) is 0 Å². The quantitative estimate of drug-likeness (QED) is 0.809. The smallest absolute Gasteiger partial charge is 0.168 e. The van der Waals surface area contributed by atoms with E-state index in [-0.39, 0.29) is 11.5 Å². The van der Waals surface area contributed by atoms with Gasteiger partial charge in [0.25, 0.3) is 0 Å². The van der Waals surface area contributed by atoms with Crippen molar-refractivity contribution >= 4 is 5.69 Å². The van der Waals surface area contributed by atoms with Gasteiger partial charge in [0.2, 0.25) is 0 Å². The summed E-state index contributed by atoms with van der Waals surface area (Å²) in [5.41, 5.74) is 0.699. The molecule has 1 aliphatic carbocycles. The maximum Gasteiger partial charge on any atom is 0.168 e. The number of phenolic OH excluding ortho intramolecular Hbond substituents is 1. The lowest BCUT2D eigenvalue weighted by atomic mass is 9.90. The highest BCUT2D eigenvalue weighted by atomic mass is 19.1. The number of ether oxygens (including phenoxy) is 2. The fourth-order valence-electron chi connectivity index (χ4n) is 2.82. The van der Waals surface area contributed by atoms with E-state index < -0.39 is 5.82 Å². The van der Waals surface area contributed by atoms with Gasteiger partial charge in [0, 0.05) is 30.6 Å². The predicted octanol–water partition coefficient (Wildman–Crippen LogP) is 2.63. The van der Waals surface area contributed by atoms with Gasteiger partial charge in [0.15, 0.2) is 17.4 Å². The van der Waals surface area contributed by atoms with E-state index in [0.29, 0.717) is 24.9 Å². The van der Waals surface area contributed by atoms with Crippen LogP contribution in [0.4, 0.5) is 10.1 Å². The Morgan fingerprint density at radius 2 is 1.89 bits per heavy atom. The van der Waals surface area contributed by atoms with Crippen LogP contribution in [-0.4, -0.2) is 30.1 Å². The zero-order valence-corrected chi connectivity index (χ0v) is 10.7. The highest BCUT2D eigenvalue weighted by Crippen LogP contribution is 2.36. The third-order valence-electron chi connectivity index (χ3n) is 3.88. The molecule has 0 radical (unpaired) electrons. The first-order valence-electron chi connectivity index (χ1n) is 6.70. The Kier molecular flexibility index (Phi) is 3.33. The number of halogens is 1. The summed E-state index contributed by atoms with van der Waals surface area (Å²) in [6.07, 6.45) is 3.60. The fraction of sp³-hybridized carbons (Fsp3) is 0.571. The number of anilines is 1. The first kappa shape index (κ1) is 12.7. The molecule has 0 aromatic heterocycles. The van der Waals surface area contributed by atoms with E-state index in [0.717, 1.165) is 25.7 Å². The van der Waals surface area contributed by atoms with Crippen LogP contribution < -0.4 is 5.32 Å². The van der Waals surface area contributed by atoms with Crippen molar-refractivity contribution in [2.45, 2.75) is 37.5 Å². The van der Waals surface area contributed by atoms with E-state index in [2.05, 4.69) is 5.32 Å². The summed E-state index contributed by atoms with van der Waals surface area (Å²) in [5, 5.41) is 12.4. The van der Waals surface area contributed by atoms with Gasteiger partial charge in [0.05, 0.1) is 13.2 Å². The van der Waals surface area contributed by atoms with Gasteiger partial charge in [-0.05, 0) is 25.0 Å². The van der Waals surface area contributed by atoms with E-state index in [1.807, 2.05) is 0 Å². The van der Waals surface area contributed by atoms with Crippen molar-refractivity contribution in [2.75, 3.05) is 18.5 Å². The molecule has 0 amide bonds. The van der Waals surface area contributed by atoms with Crippen molar-refractivity contribution in [3.63, 3.8) is 0 Å². The van der Waals surface area contributed by atoms with Crippen molar-refractivity contribution in [3.8, 4) is 5.75 Å². The Morgan fingerprint density at radius 3 is 2.53 bits per heavy atom. The number of phenols is 1. The number of hydrogen-bond acceptors (Lipinski definition) is 4. The summed E-state index contributed by atoms with van der Waals surface area (Å²) in [6, 6.07) is 4.67. The van der Waals surface area contributed by atoms with Crippen LogP contribution in [0.1, 0.15) is 25.7 Å². The highest BCUT2D eigenvalue weighted by Gasteiger charge is 2.40. The molecule has 0 unspecified atom stereocenters. The first-order chi connectivity index (χ1) is 9.17. The summed E-state index contributed by atoms with van der Waals surface area (Å²) < 4.78 is 24.6. The Labute approximate surface area is 111 Å². The van der Waals surface area contributed by atoms with Crippen LogP contribution >= 0.6 is 0 Å². The van der Waals surface area contributed by atoms with Crippen molar-refractivity contribution < 1.29 is 19.0 Å². The Hall–Kier alpha value is -1.33. The van der Waals surface area contributed by atoms with Crippen LogP contribution in [0.2, 0.25) is 0 Å². The lowest BCUT2D eigenvalue weighted by Gasteiger charge is -2.36. The Morgan fingerprint density at radius 1 is 1.21 bits per heavy atom. The summed E-state index contributed by atoms with van der Waals surface area (Å²) in [5.74, 6) is -1.28. The molecule has 2 aliphatic rings. The van der Waals surface area contributed by atoms with Crippen LogP contribution in [0.25, 0.3) is 0 Å². The molecule has 0 bridgehead atoms. The van der Waals surface area contributed by atoms with Gasteiger partial charge in [-0.1, -0.05) is 0 Å². The maximum atomic E-state index is 13.2. The topological polar surface area (TPSA) is 50.7 Å². The van der Waals surface area contributed by atoms with E-state index in [4.69, 9.17) is 14.6 Å². The number of nitrogens with one attached hydrogen (secondary N) is 1. The molecule has 0 atom stereocenters. The van der Waals surface area contributed by atoms with Gasteiger partial charge in [0.1, 0.15) is 0 Å². The minimum atomic E-state index is -0.597. The lowest BCUT2D eigenvalue weighted by molar-refractivity contribution is -0.177. The number of benzene rings is 1. The van der Waals surface area contributed by atoms with Gasteiger partial charge < -0.3 is 19.9 Å². The van der Waals surface area contributed by atoms with Gasteiger partial charge in [-0.2, -0.15) is 0 Å². The van der Waals surface area contributed by atoms with Gasteiger partial charge in [-0.15, -0.1) is 0 Å². The molecule has 2 fully saturated rings. The molecule has 1 saturated heterocycles. The molecule has 2 N–H and O–H groups in total. The first-order valence-corrected chi connectivity index (χ1v) is 6.70. The molecule has 1 heterocycles. The van der Waals surface area contributed by atoms with Crippen molar-refractivity contribution in [3.05, 3.63) is 24.0 Å². The number of aromatic hydroxyl groups is 1. The average Bonchev–Trinajstić information content (AvgIpc) is 2.86. The molecular weight excluding hydrogens is 249 g/mol. The second kappa shape index (κ2) is 4.98. The van der Waals surface area contributed by atoms with Gasteiger partial charge >= 0.3 is 0 Å². The molecule has 1 spiro atoms. The lowest BCUT2D eigenvalue weighted by Crippen LogP contribution is -2.39. The SMILES string of the molecule is Oc1ccc(NC2CCC3(CC2)OCCO3)cc1F. The largest absolute Gasteiger partial charge is 0.505 e. The van der Waals surface area contributed by atoms with Crippen LogP contribution in [0, 0.1) is 5.82 Å². The van der Waals surface area contributed by atoms with Crippen LogP contribution in [0.5, 0.6) is 5.75 Å². The molecule has 5 heteroatoms. The molecule has 1 aromatic rings. The minimum Gasteiger partial charge on any atom is -0.505 e. The minimum absolute atomic E-state index is 0.294. The van der Waals surface area contributed by atoms with Crippen LogP contribution in [0.3, 0.4) is 0 Å². The molecule has 3 rings (SSSR count). The molecule has 19 heavy (non-hydrogen) atoms. The summed E-state index contributed by atoms with van der Waals surface area (Å²) >= 11 is 0. The summed E-state index contributed by atoms with van der Waals surface area (Å²) in [7, 11) is 0. The van der Waals surface area contributed by atoms with E-state index in [1.54, 1.807) is 6.07 Å². The van der Waals surface area contributed by atoms with Crippen LogP contribution in [0.15, 0.2) is 18.2 Å². The highest BCUT2D eigenvalue weighted by molar-refractivity contribution is 5.47. The summed E-state index contributed by atoms with van der Waals surface area (Å²) in [4.78, 5) is 0. The van der Waals surface area contributed by atoms with E-state index in [9.17, 15) is 4.39 Å². The summed E-state index contributed by atoms with van der Waals surface area (Å²) in [6.45, 7) is 1.36. The second-order valence-electron chi connectivity index (χ2n) is 5.19. The van der Waals surface area contributed by atoms with E-state index >= 15 is 0 Å². The van der Waals surface area contributed by atoms with Crippen LogP contribution in [-0.2, 0) is 9.47 Å². The molecule has 1 aromatic carbocycles. The normalized spacial score (nSPS) is 22.8. The third-order valence-corrected chi connectivity index (χ3v) is 3.88. The molecule has 1 aliphatic heterocycles. The zero-order valence-electron chi connectivity index (χ0n) is 10.7. The average molecular weight is 267 g/mol. The van der Waals surface area contributed by atoms with Gasteiger partial charge in [-0.3, -0.25) is 0 Å². The monoisotopic (exact) mass is 267 g/mol. The second-order valence-corrected chi connectivity index (χ2v) is 5.19. The predicted molar refractivity (Wildman–Crippen MR) is 68.6 cm³/mol. The van der Waals surface area contributed by atoms with E-state index in [1.165, 1.54) is 12.1 Å². The Bertz CT molecular complexity index is 450. The number of hydrogen-bond donors (Lipinski definition) is 2. The maximum absolute atomic E-state index is 13.2. The third kappa shape index (κ3) is 2.67. The number of rotatable bonds is 2. The van der Waals surface area contributed by atoms with Crippen molar-refractivity contribution in [2.24, 2.45) is 0 Å². The molecule has 104 valence electrons. The standard InChI is InChI=1S/C14H18FNO3/c15-12-9-11(1-2-13(12)17)16-10-3-5-14(6-4-10)18-7-8-19-14/h1-2,9-10,16-17H,3-8H2.